The molecule has 0 saturated carbocycles. The predicted octanol–water partition coefficient (Wildman–Crippen LogP) is 2.48. The summed E-state index contributed by atoms with van der Waals surface area (Å²) in [5, 5.41) is 3.14. The van der Waals surface area contributed by atoms with Gasteiger partial charge in [-0.25, -0.2) is 0 Å². The molecule has 0 saturated heterocycles. The van der Waals surface area contributed by atoms with Crippen molar-refractivity contribution in [3.63, 3.8) is 0 Å². The summed E-state index contributed by atoms with van der Waals surface area (Å²) >= 11 is 10.4. The molecule has 13 heavy (non-hydrogen) atoms. The van der Waals surface area contributed by atoms with E-state index in [0.29, 0.717) is 6.61 Å². The Labute approximate surface area is 94.4 Å². The van der Waals surface area contributed by atoms with E-state index in [1.54, 1.807) is 11.3 Å². The molecular weight excluding hydrogens is 270 g/mol. The van der Waals surface area contributed by atoms with Gasteiger partial charge in [0, 0.05) is 11.4 Å². The average molecular weight is 278 g/mol. The van der Waals surface area contributed by atoms with Crippen LogP contribution in [-0.2, 0) is 0 Å². The van der Waals surface area contributed by atoms with Gasteiger partial charge in [0.2, 0.25) is 0 Å². The minimum absolute atomic E-state index is 0.669. The van der Waals surface area contributed by atoms with Crippen LogP contribution >= 0.6 is 39.5 Å². The smallest absolute Gasteiger partial charge is 0.154 e. The zero-order valence-electron chi connectivity index (χ0n) is 7.02. The minimum Gasteiger partial charge on any atom is -0.489 e. The second kappa shape index (κ2) is 3.55. The van der Waals surface area contributed by atoms with Gasteiger partial charge in [0.15, 0.2) is 5.75 Å². The number of fused-ring (bicyclic) bond motifs is 1. The zero-order valence-corrected chi connectivity index (χ0v) is 10.2. The number of hydrogen-bond donors (Lipinski definition) is 1. The van der Waals surface area contributed by atoms with E-state index in [1.165, 1.54) is 4.88 Å². The molecule has 2 nitrogen and oxygen atoms in total. The summed E-state index contributed by atoms with van der Waals surface area (Å²) in [6, 6.07) is 0. The van der Waals surface area contributed by atoms with Crippen LogP contribution in [0.2, 0.25) is 0 Å². The molecule has 2 heterocycles. The second-order valence-corrected chi connectivity index (χ2v) is 5.16. The Bertz CT molecular complexity index is 361. The third kappa shape index (κ3) is 1.60. The second-order valence-electron chi connectivity index (χ2n) is 2.73. The largest absolute Gasteiger partial charge is 0.489 e. The van der Waals surface area contributed by atoms with Gasteiger partial charge in [0.25, 0.3) is 0 Å². The molecular formula is C8H8BrNOS2. The summed E-state index contributed by atoms with van der Waals surface area (Å²) in [4.78, 5) is 3.04. The van der Waals surface area contributed by atoms with Crippen molar-refractivity contribution >= 4 is 44.5 Å². The number of ether oxygens (including phenoxy) is 1. The summed E-state index contributed by atoms with van der Waals surface area (Å²) in [7, 11) is 0. The molecule has 5 heteroatoms. The van der Waals surface area contributed by atoms with Gasteiger partial charge < -0.3 is 10.1 Å². The highest BCUT2D eigenvalue weighted by Crippen LogP contribution is 2.39. The van der Waals surface area contributed by atoms with Crippen LogP contribution in [-0.4, -0.2) is 18.1 Å². The maximum absolute atomic E-state index is 5.58. The van der Waals surface area contributed by atoms with Gasteiger partial charge >= 0.3 is 0 Å². The molecule has 0 unspecified atom stereocenters. The molecule has 70 valence electrons. The topological polar surface area (TPSA) is 21.3 Å². The van der Waals surface area contributed by atoms with Crippen molar-refractivity contribution in [2.75, 3.05) is 13.2 Å². The van der Waals surface area contributed by atoms with Crippen molar-refractivity contribution in [1.82, 2.24) is 5.32 Å². The van der Waals surface area contributed by atoms with Crippen molar-refractivity contribution in [3.8, 4) is 5.75 Å². The van der Waals surface area contributed by atoms with Gasteiger partial charge in [-0.1, -0.05) is 12.2 Å². The van der Waals surface area contributed by atoms with Gasteiger partial charge in [0.05, 0.1) is 4.47 Å². The average Bonchev–Trinajstić information content (AvgIpc) is 2.30. The zero-order chi connectivity index (χ0) is 9.42. The first kappa shape index (κ1) is 9.43. The van der Waals surface area contributed by atoms with E-state index in [9.17, 15) is 0 Å². The normalized spacial score (nSPS) is 15.7. The molecule has 1 aromatic heterocycles. The Morgan fingerprint density at radius 1 is 1.62 bits per heavy atom. The van der Waals surface area contributed by atoms with E-state index in [4.69, 9.17) is 17.0 Å². The highest BCUT2D eigenvalue weighted by atomic mass is 79.9. The molecule has 1 aliphatic rings. The predicted molar refractivity (Wildman–Crippen MR) is 62.0 cm³/mol. The molecule has 1 N–H and O–H groups in total. The van der Waals surface area contributed by atoms with E-state index < -0.39 is 0 Å². The lowest BCUT2D eigenvalue weighted by molar-refractivity contribution is 0.326. The fraction of sp³-hybridized carbons (Fsp3) is 0.375. The highest BCUT2D eigenvalue weighted by Gasteiger charge is 2.20. The van der Waals surface area contributed by atoms with Gasteiger partial charge in [-0.05, 0) is 22.9 Å². The fourth-order valence-electron chi connectivity index (χ4n) is 1.18. The number of nitrogens with one attached hydrogen (secondary N) is 1. The summed E-state index contributed by atoms with van der Waals surface area (Å²) in [5.41, 5.74) is 0. The van der Waals surface area contributed by atoms with Gasteiger partial charge in [-0.2, -0.15) is 0 Å². The molecule has 2 rings (SSSR count). The van der Waals surface area contributed by atoms with Crippen molar-refractivity contribution in [3.05, 3.63) is 14.2 Å². The molecule has 0 spiro atoms. The van der Waals surface area contributed by atoms with Crippen LogP contribution in [0, 0.1) is 6.92 Å². The highest BCUT2D eigenvalue weighted by molar-refractivity contribution is 9.10. The van der Waals surface area contributed by atoms with Crippen molar-refractivity contribution < 1.29 is 4.74 Å². The lowest BCUT2D eigenvalue weighted by atomic mass is 10.4. The molecule has 0 atom stereocenters. The van der Waals surface area contributed by atoms with Crippen LogP contribution in [0.4, 0.5) is 0 Å². The van der Waals surface area contributed by atoms with Crippen LogP contribution in [0.25, 0.3) is 0 Å². The van der Waals surface area contributed by atoms with E-state index in [-0.39, 0.29) is 0 Å². The molecule has 0 fully saturated rings. The van der Waals surface area contributed by atoms with Crippen LogP contribution in [0.1, 0.15) is 9.75 Å². The summed E-state index contributed by atoms with van der Waals surface area (Å²) < 4.78 is 6.62. The van der Waals surface area contributed by atoms with Crippen LogP contribution < -0.4 is 10.1 Å². The first-order chi connectivity index (χ1) is 6.20. The first-order valence-electron chi connectivity index (χ1n) is 3.90. The van der Waals surface area contributed by atoms with Crippen LogP contribution in [0.3, 0.4) is 0 Å². The van der Waals surface area contributed by atoms with Crippen LogP contribution in [0.5, 0.6) is 5.75 Å². The molecule has 1 aliphatic heterocycles. The summed E-state index contributed by atoms with van der Waals surface area (Å²) in [6.45, 7) is 3.50. The molecule has 1 aromatic rings. The number of hydrogen-bond acceptors (Lipinski definition) is 3. The first-order valence-corrected chi connectivity index (χ1v) is 5.92. The van der Waals surface area contributed by atoms with Crippen molar-refractivity contribution in [2.24, 2.45) is 0 Å². The lowest BCUT2D eigenvalue weighted by Crippen LogP contribution is -2.23. The quantitative estimate of drug-likeness (QED) is 0.737. The third-order valence-electron chi connectivity index (χ3n) is 1.81. The molecule has 0 radical (unpaired) electrons. The van der Waals surface area contributed by atoms with E-state index in [1.807, 2.05) is 0 Å². The SMILES string of the molecule is Cc1sc2c(c1Br)OCCNC2=S. The van der Waals surface area contributed by atoms with E-state index >= 15 is 0 Å². The number of aryl methyl sites for hydroxylation is 1. The standard InChI is InChI=1S/C8H8BrNOS2/c1-4-5(9)6-7(13-4)8(12)10-2-3-11-6/h2-3H2,1H3,(H,10,12). The maximum atomic E-state index is 5.58. The number of halogens is 1. The lowest BCUT2D eigenvalue weighted by Gasteiger charge is -2.00. The van der Waals surface area contributed by atoms with Crippen LogP contribution in [0.15, 0.2) is 4.47 Å². The molecule has 0 bridgehead atoms. The number of thiophene rings is 1. The maximum Gasteiger partial charge on any atom is 0.154 e. The summed E-state index contributed by atoms with van der Waals surface area (Å²) in [6.07, 6.45) is 0. The summed E-state index contributed by atoms with van der Waals surface area (Å²) in [5.74, 6) is 0.900. The Balaban J connectivity index is 2.53. The van der Waals surface area contributed by atoms with Crippen molar-refractivity contribution in [1.29, 1.82) is 0 Å². The molecule has 0 amide bonds. The third-order valence-corrected chi connectivity index (χ3v) is 4.61. The van der Waals surface area contributed by atoms with Gasteiger partial charge in [-0.3, -0.25) is 0 Å². The monoisotopic (exact) mass is 277 g/mol. The Morgan fingerprint density at radius 3 is 3.15 bits per heavy atom. The Morgan fingerprint density at radius 2 is 2.38 bits per heavy atom. The van der Waals surface area contributed by atoms with E-state index in [0.717, 1.165) is 26.6 Å². The van der Waals surface area contributed by atoms with Crippen molar-refractivity contribution in [2.45, 2.75) is 6.92 Å². The fourth-order valence-corrected chi connectivity index (χ4v) is 3.09. The van der Waals surface area contributed by atoms with E-state index in [2.05, 4.69) is 28.2 Å². The number of thiocarbonyl (C=S) groups is 1. The van der Waals surface area contributed by atoms with Gasteiger partial charge in [0.1, 0.15) is 16.5 Å². The Hall–Kier alpha value is -0.130. The molecule has 0 aliphatic carbocycles. The number of rotatable bonds is 0. The van der Waals surface area contributed by atoms with Gasteiger partial charge in [-0.15, -0.1) is 11.3 Å². The minimum atomic E-state index is 0.669. The Kier molecular flexibility index (Phi) is 2.58. The molecule has 0 aromatic carbocycles.